The van der Waals surface area contributed by atoms with Crippen LogP contribution >= 0.6 is 7.92 Å². The van der Waals surface area contributed by atoms with Gasteiger partial charge >= 0.3 is 10.1 Å². The number of hydrogen-bond donors (Lipinski definition) is 0. The summed E-state index contributed by atoms with van der Waals surface area (Å²) in [5.74, 6) is 1.81. The normalized spacial score (nSPS) is 11.3. The Morgan fingerprint density at radius 2 is 1.07 bits per heavy atom. The first-order valence-corrected chi connectivity index (χ1v) is 11.6. The van der Waals surface area contributed by atoms with E-state index in [4.69, 9.17) is 13.7 Å². The van der Waals surface area contributed by atoms with Gasteiger partial charge in [-0.2, -0.15) is 8.42 Å². The zero-order valence-corrected chi connectivity index (χ0v) is 17.5. The van der Waals surface area contributed by atoms with Crippen molar-refractivity contribution < 1.29 is 22.1 Å². The summed E-state index contributed by atoms with van der Waals surface area (Å²) < 4.78 is 39.0. The second-order valence-electron chi connectivity index (χ2n) is 6.02. The standard InChI is InChI=1S/C21H21O5PS/c1-24-16-7-4-10-19(13-16)27(20-11-5-8-17(14-20)25-2)21-12-6-9-18(15-21)26-28(3,22)23/h4-15H,1-3H3. The van der Waals surface area contributed by atoms with Crippen molar-refractivity contribution in [2.45, 2.75) is 0 Å². The third kappa shape index (κ3) is 5.03. The molecule has 0 bridgehead atoms. The lowest BCUT2D eigenvalue weighted by atomic mass is 10.3. The van der Waals surface area contributed by atoms with Gasteiger partial charge in [0.25, 0.3) is 0 Å². The molecule has 0 aliphatic rings. The van der Waals surface area contributed by atoms with Gasteiger partial charge in [0.2, 0.25) is 0 Å². The highest BCUT2D eigenvalue weighted by atomic mass is 32.2. The summed E-state index contributed by atoms with van der Waals surface area (Å²) in [6, 6.07) is 22.9. The van der Waals surface area contributed by atoms with Crippen molar-refractivity contribution in [2.24, 2.45) is 0 Å². The Balaban J connectivity index is 2.14. The van der Waals surface area contributed by atoms with Crippen molar-refractivity contribution in [1.29, 1.82) is 0 Å². The van der Waals surface area contributed by atoms with E-state index in [9.17, 15) is 8.42 Å². The number of rotatable bonds is 7. The van der Waals surface area contributed by atoms with Gasteiger partial charge in [0, 0.05) is 0 Å². The molecule has 146 valence electrons. The van der Waals surface area contributed by atoms with Crippen LogP contribution in [0.4, 0.5) is 0 Å². The molecule has 0 aromatic heterocycles. The third-order valence-electron chi connectivity index (χ3n) is 3.95. The van der Waals surface area contributed by atoms with E-state index in [1.165, 1.54) is 0 Å². The van der Waals surface area contributed by atoms with E-state index in [1.54, 1.807) is 32.4 Å². The highest BCUT2D eigenvalue weighted by molar-refractivity contribution is 7.86. The Bertz CT molecular complexity index is 1020. The molecule has 0 spiro atoms. The maximum Gasteiger partial charge on any atom is 0.306 e. The fraction of sp³-hybridized carbons (Fsp3) is 0.143. The predicted molar refractivity (Wildman–Crippen MR) is 114 cm³/mol. The van der Waals surface area contributed by atoms with Crippen molar-refractivity contribution in [2.75, 3.05) is 20.5 Å². The molecule has 0 fully saturated rings. The van der Waals surface area contributed by atoms with Gasteiger partial charge in [-0.1, -0.05) is 36.4 Å². The summed E-state index contributed by atoms with van der Waals surface area (Å²) >= 11 is 0. The molecule has 0 aliphatic heterocycles. The number of ether oxygens (including phenoxy) is 2. The van der Waals surface area contributed by atoms with Crippen LogP contribution in [0.5, 0.6) is 17.2 Å². The quantitative estimate of drug-likeness (QED) is 0.438. The molecule has 0 unspecified atom stereocenters. The maximum absolute atomic E-state index is 11.5. The zero-order chi connectivity index (χ0) is 20.1. The van der Waals surface area contributed by atoms with Crippen molar-refractivity contribution >= 4 is 34.0 Å². The first-order valence-electron chi connectivity index (χ1n) is 8.47. The minimum atomic E-state index is -3.60. The van der Waals surface area contributed by atoms with Crippen LogP contribution in [0, 0.1) is 0 Å². The maximum atomic E-state index is 11.5. The predicted octanol–water partition coefficient (Wildman–Crippen LogP) is 2.80. The van der Waals surface area contributed by atoms with Crippen LogP contribution < -0.4 is 29.6 Å². The summed E-state index contributed by atoms with van der Waals surface area (Å²) in [4.78, 5) is 0. The second-order valence-corrected chi connectivity index (χ2v) is 9.82. The van der Waals surface area contributed by atoms with Crippen LogP contribution in [0.15, 0.2) is 72.8 Å². The van der Waals surface area contributed by atoms with E-state index in [0.717, 1.165) is 33.7 Å². The van der Waals surface area contributed by atoms with Crippen molar-refractivity contribution in [3.8, 4) is 17.2 Å². The molecule has 5 nitrogen and oxygen atoms in total. The van der Waals surface area contributed by atoms with Crippen LogP contribution in [0.2, 0.25) is 0 Å². The molecule has 0 saturated heterocycles. The highest BCUT2D eigenvalue weighted by Crippen LogP contribution is 2.36. The van der Waals surface area contributed by atoms with Crippen molar-refractivity contribution in [3.63, 3.8) is 0 Å². The van der Waals surface area contributed by atoms with E-state index < -0.39 is 18.0 Å². The number of hydrogen-bond acceptors (Lipinski definition) is 5. The molecule has 3 aromatic rings. The van der Waals surface area contributed by atoms with Crippen LogP contribution in [-0.2, 0) is 10.1 Å². The molecular formula is C21H21O5PS. The van der Waals surface area contributed by atoms with E-state index in [2.05, 4.69) is 0 Å². The fourth-order valence-electron chi connectivity index (χ4n) is 2.80. The molecule has 0 saturated carbocycles. The molecule has 0 radical (unpaired) electrons. The van der Waals surface area contributed by atoms with Gasteiger partial charge < -0.3 is 13.7 Å². The SMILES string of the molecule is COc1cccc(P(c2cccc(OC)c2)c2cccc(OS(C)(=O)=O)c2)c1. The van der Waals surface area contributed by atoms with Crippen molar-refractivity contribution in [1.82, 2.24) is 0 Å². The first kappa shape index (κ1) is 20.2. The topological polar surface area (TPSA) is 61.8 Å². The summed E-state index contributed by atoms with van der Waals surface area (Å²) in [6.07, 6.45) is 1.03. The monoisotopic (exact) mass is 416 g/mol. The summed E-state index contributed by atoms with van der Waals surface area (Å²) in [5, 5.41) is 3.09. The lowest BCUT2D eigenvalue weighted by molar-refractivity contribution is 0.415. The Labute approximate surface area is 166 Å². The summed E-state index contributed by atoms with van der Waals surface area (Å²) in [7, 11) is -1.32. The van der Waals surface area contributed by atoms with Crippen LogP contribution in [0.25, 0.3) is 0 Å². The first-order chi connectivity index (χ1) is 13.4. The van der Waals surface area contributed by atoms with Gasteiger partial charge in [0.1, 0.15) is 17.2 Å². The molecule has 0 N–H and O–H groups in total. The third-order valence-corrected chi connectivity index (χ3v) is 6.83. The minimum Gasteiger partial charge on any atom is -0.497 e. The number of benzene rings is 3. The van der Waals surface area contributed by atoms with Gasteiger partial charge in [0.15, 0.2) is 0 Å². The van der Waals surface area contributed by atoms with Gasteiger partial charge in [0.05, 0.1) is 20.5 Å². The zero-order valence-electron chi connectivity index (χ0n) is 15.8. The largest absolute Gasteiger partial charge is 0.497 e. The Morgan fingerprint density at radius 3 is 1.46 bits per heavy atom. The van der Waals surface area contributed by atoms with Crippen LogP contribution in [0.3, 0.4) is 0 Å². The van der Waals surface area contributed by atoms with E-state index in [-0.39, 0.29) is 0 Å². The average Bonchev–Trinajstić information content (AvgIpc) is 2.67. The molecule has 0 amide bonds. The molecule has 0 atom stereocenters. The lowest BCUT2D eigenvalue weighted by Gasteiger charge is -2.21. The van der Waals surface area contributed by atoms with Crippen LogP contribution in [-0.4, -0.2) is 28.9 Å². The van der Waals surface area contributed by atoms with E-state index in [1.807, 2.05) is 54.6 Å². The molecule has 3 aromatic carbocycles. The lowest BCUT2D eigenvalue weighted by Crippen LogP contribution is -2.21. The molecule has 0 heterocycles. The molecule has 0 aliphatic carbocycles. The van der Waals surface area contributed by atoms with E-state index in [0.29, 0.717) is 5.75 Å². The van der Waals surface area contributed by atoms with E-state index >= 15 is 0 Å². The second kappa shape index (κ2) is 8.63. The smallest absolute Gasteiger partial charge is 0.306 e. The molecular weight excluding hydrogens is 395 g/mol. The Kier molecular flexibility index (Phi) is 6.22. The van der Waals surface area contributed by atoms with Gasteiger partial charge in [-0.25, -0.2) is 0 Å². The van der Waals surface area contributed by atoms with Gasteiger partial charge in [-0.05, 0) is 60.2 Å². The van der Waals surface area contributed by atoms with Crippen molar-refractivity contribution in [3.05, 3.63) is 72.8 Å². The van der Waals surface area contributed by atoms with Gasteiger partial charge in [-0.3, -0.25) is 0 Å². The minimum absolute atomic E-state index is 0.290. The average molecular weight is 416 g/mol. The van der Waals surface area contributed by atoms with Crippen LogP contribution in [0.1, 0.15) is 0 Å². The molecule has 28 heavy (non-hydrogen) atoms. The summed E-state index contributed by atoms with van der Waals surface area (Å²) in [6.45, 7) is 0. The molecule has 3 rings (SSSR count). The Morgan fingerprint density at radius 1 is 0.679 bits per heavy atom. The van der Waals surface area contributed by atoms with Gasteiger partial charge in [-0.15, -0.1) is 0 Å². The highest BCUT2D eigenvalue weighted by Gasteiger charge is 2.19. The Hall–Kier alpha value is -2.56. The fourth-order valence-corrected chi connectivity index (χ4v) is 5.62. The number of methoxy groups -OCH3 is 2. The summed E-state index contributed by atoms with van der Waals surface area (Å²) in [5.41, 5.74) is 0. The molecule has 7 heteroatoms.